The zero-order chi connectivity index (χ0) is 15.4. The first-order valence-electron chi connectivity index (χ1n) is 7.25. The Bertz CT molecular complexity index is 554. The Kier molecular flexibility index (Phi) is 5.51. The summed E-state index contributed by atoms with van der Waals surface area (Å²) in [5.41, 5.74) is 6.82. The van der Waals surface area contributed by atoms with E-state index < -0.39 is 0 Å². The molecule has 3 atom stereocenters. The number of thiophene rings is 1. The van der Waals surface area contributed by atoms with Gasteiger partial charge in [0, 0.05) is 22.5 Å². The lowest BCUT2D eigenvalue weighted by molar-refractivity contribution is 0.161. The predicted octanol–water partition coefficient (Wildman–Crippen LogP) is 3.84. The van der Waals surface area contributed by atoms with E-state index in [2.05, 4.69) is 29.3 Å². The van der Waals surface area contributed by atoms with Crippen LogP contribution in [-0.4, -0.2) is 24.0 Å². The van der Waals surface area contributed by atoms with E-state index in [9.17, 15) is 4.39 Å². The maximum atomic E-state index is 14.1. The summed E-state index contributed by atoms with van der Waals surface area (Å²) in [4.78, 5) is 3.52. The quantitative estimate of drug-likeness (QED) is 0.878. The molecule has 0 saturated carbocycles. The largest absolute Gasteiger partial charge is 0.326 e. The molecule has 21 heavy (non-hydrogen) atoms. The van der Waals surface area contributed by atoms with Crippen molar-refractivity contribution >= 4 is 11.3 Å². The standard InChI is InChI=1S/C17H23FN2S/c1-12(11-14-7-6-10-21-14)20(3)17(13(2)19)15-8-4-5-9-16(15)18/h4-10,12-13,17H,11,19H2,1-3H3. The van der Waals surface area contributed by atoms with Gasteiger partial charge in [-0.2, -0.15) is 0 Å². The first kappa shape index (κ1) is 16.1. The molecule has 1 aromatic carbocycles. The van der Waals surface area contributed by atoms with Gasteiger partial charge in [-0.25, -0.2) is 4.39 Å². The highest BCUT2D eigenvalue weighted by atomic mass is 32.1. The molecule has 0 bridgehead atoms. The molecule has 0 spiro atoms. The molecule has 0 amide bonds. The van der Waals surface area contributed by atoms with Crippen LogP contribution in [0.4, 0.5) is 4.39 Å². The van der Waals surface area contributed by atoms with Gasteiger partial charge in [0.1, 0.15) is 5.82 Å². The van der Waals surface area contributed by atoms with Gasteiger partial charge < -0.3 is 5.73 Å². The van der Waals surface area contributed by atoms with E-state index in [0.717, 1.165) is 6.42 Å². The second kappa shape index (κ2) is 7.16. The lowest BCUT2D eigenvalue weighted by Crippen LogP contribution is -2.42. The van der Waals surface area contributed by atoms with Crippen molar-refractivity contribution in [2.75, 3.05) is 7.05 Å². The number of benzene rings is 1. The number of hydrogen-bond acceptors (Lipinski definition) is 3. The van der Waals surface area contributed by atoms with Gasteiger partial charge in [0.2, 0.25) is 0 Å². The van der Waals surface area contributed by atoms with Gasteiger partial charge >= 0.3 is 0 Å². The van der Waals surface area contributed by atoms with Crippen molar-refractivity contribution in [3.8, 4) is 0 Å². The van der Waals surface area contributed by atoms with Crippen LogP contribution in [0, 0.1) is 5.82 Å². The number of rotatable bonds is 6. The molecule has 0 aliphatic heterocycles. The Morgan fingerprint density at radius 2 is 1.90 bits per heavy atom. The average molecular weight is 306 g/mol. The Labute approximate surface area is 130 Å². The molecule has 4 heteroatoms. The van der Waals surface area contributed by atoms with Crippen LogP contribution in [0.15, 0.2) is 41.8 Å². The molecule has 1 heterocycles. The lowest BCUT2D eigenvalue weighted by atomic mass is 9.97. The van der Waals surface area contributed by atoms with Crippen LogP contribution in [0.1, 0.15) is 30.3 Å². The maximum Gasteiger partial charge on any atom is 0.128 e. The van der Waals surface area contributed by atoms with Gasteiger partial charge in [0.15, 0.2) is 0 Å². The van der Waals surface area contributed by atoms with E-state index in [1.54, 1.807) is 17.4 Å². The molecule has 2 nitrogen and oxygen atoms in total. The predicted molar refractivity (Wildman–Crippen MR) is 88.0 cm³/mol. The average Bonchev–Trinajstić information content (AvgIpc) is 2.93. The molecule has 0 aliphatic carbocycles. The highest BCUT2D eigenvalue weighted by Gasteiger charge is 2.27. The van der Waals surface area contributed by atoms with Crippen LogP contribution < -0.4 is 5.73 Å². The van der Waals surface area contributed by atoms with Crippen LogP contribution in [0.5, 0.6) is 0 Å². The summed E-state index contributed by atoms with van der Waals surface area (Å²) in [6.45, 7) is 4.10. The van der Waals surface area contributed by atoms with E-state index in [4.69, 9.17) is 5.73 Å². The third-order valence-corrected chi connectivity index (χ3v) is 4.83. The van der Waals surface area contributed by atoms with Gasteiger partial charge in [-0.15, -0.1) is 11.3 Å². The van der Waals surface area contributed by atoms with Crippen LogP contribution >= 0.6 is 11.3 Å². The van der Waals surface area contributed by atoms with Crippen molar-refractivity contribution in [1.82, 2.24) is 4.90 Å². The number of likely N-dealkylation sites (N-methyl/N-ethyl adjacent to an activating group) is 1. The van der Waals surface area contributed by atoms with E-state index >= 15 is 0 Å². The monoisotopic (exact) mass is 306 g/mol. The van der Waals surface area contributed by atoms with E-state index in [-0.39, 0.29) is 17.9 Å². The van der Waals surface area contributed by atoms with Crippen LogP contribution in [-0.2, 0) is 6.42 Å². The number of nitrogens with zero attached hydrogens (tertiary/aromatic N) is 1. The van der Waals surface area contributed by atoms with Gasteiger partial charge in [-0.1, -0.05) is 24.3 Å². The highest BCUT2D eigenvalue weighted by molar-refractivity contribution is 7.09. The molecule has 0 saturated heterocycles. The third kappa shape index (κ3) is 3.90. The Morgan fingerprint density at radius 3 is 2.48 bits per heavy atom. The second-order valence-corrected chi connectivity index (χ2v) is 6.66. The summed E-state index contributed by atoms with van der Waals surface area (Å²) >= 11 is 1.76. The minimum Gasteiger partial charge on any atom is -0.326 e. The summed E-state index contributed by atoms with van der Waals surface area (Å²) in [5, 5.41) is 2.09. The molecule has 0 radical (unpaired) electrons. The van der Waals surface area contributed by atoms with Gasteiger partial charge in [0.05, 0.1) is 6.04 Å². The minimum atomic E-state index is -0.185. The Morgan fingerprint density at radius 1 is 1.19 bits per heavy atom. The molecular formula is C17H23FN2S. The fourth-order valence-corrected chi connectivity index (χ4v) is 3.55. The van der Waals surface area contributed by atoms with Crippen molar-refractivity contribution in [3.63, 3.8) is 0 Å². The van der Waals surface area contributed by atoms with Crippen molar-refractivity contribution in [1.29, 1.82) is 0 Å². The number of hydrogen-bond donors (Lipinski definition) is 1. The molecule has 3 unspecified atom stereocenters. The summed E-state index contributed by atoms with van der Waals surface area (Å²) in [6.07, 6.45) is 0.950. The molecule has 2 rings (SSSR count). The van der Waals surface area contributed by atoms with E-state index in [1.165, 1.54) is 10.9 Å². The molecule has 0 aliphatic rings. The van der Waals surface area contributed by atoms with Gasteiger partial charge in [0.25, 0.3) is 0 Å². The summed E-state index contributed by atoms with van der Waals surface area (Å²) in [5.74, 6) is -0.185. The molecule has 1 aromatic heterocycles. The zero-order valence-electron chi connectivity index (χ0n) is 12.8. The summed E-state index contributed by atoms with van der Waals surface area (Å²) in [7, 11) is 2.03. The van der Waals surface area contributed by atoms with Crippen LogP contribution in [0.25, 0.3) is 0 Å². The fourth-order valence-electron chi connectivity index (χ4n) is 2.73. The number of halogens is 1. The highest BCUT2D eigenvalue weighted by Crippen LogP contribution is 2.27. The van der Waals surface area contributed by atoms with E-state index in [1.807, 2.05) is 26.1 Å². The van der Waals surface area contributed by atoms with Crippen LogP contribution in [0.2, 0.25) is 0 Å². The zero-order valence-corrected chi connectivity index (χ0v) is 13.6. The SMILES string of the molecule is CC(N)C(c1ccccc1F)N(C)C(C)Cc1cccs1. The molecule has 114 valence electrons. The fraction of sp³-hybridized carbons (Fsp3) is 0.412. The second-order valence-electron chi connectivity index (χ2n) is 5.62. The lowest BCUT2D eigenvalue weighted by Gasteiger charge is -2.36. The first-order valence-corrected chi connectivity index (χ1v) is 8.13. The van der Waals surface area contributed by atoms with Gasteiger partial charge in [-0.05, 0) is 44.8 Å². The first-order chi connectivity index (χ1) is 10.0. The molecule has 2 N–H and O–H groups in total. The van der Waals surface area contributed by atoms with Crippen molar-refractivity contribution in [2.45, 2.75) is 38.4 Å². The van der Waals surface area contributed by atoms with E-state index in [0.29, 0.717) is 11.6 Å². The molecular weight excluding hydrogens is 283 g/mol. The van der Waals surface area contributed by atoms with Crippen molar-refractivity contribution < 1.29 is 4.39 Å². The number of nitrogens with two attached hydrogens (primary N) is 1. The van der Waals surface area contributed by atoms with Gasteiger partial charge in [-0.3, -0.25) is 4.90 Å². The Balaban J connectivity index is 2.19. The molecule has 2 aromatic rings. The third-order valence-electron chi connectivity index (χ3n) is 3.93. The maximum absolute atomic E-state index is 14.1. The minimum absolute atomic E-state index is 0.124. The van der Waals surface area contributed by atoms with Crippen molar-refractivity contribution in [2.24, 2.45) is 5.73 Å². The normalized spacial score (nSPS) is 15.9. The molecule has 0 fully saturated rings. The summed E-state index contributed by atoms with van der Waals surface area (Å²) < 4.78 is 14.1. The van der Waals surface area contributed by atoms with Crippen LogP contribution in [0.3, 0.4) is 0 Å². The summed E-state index contributed by atoms with van der Waals surface area (Å²) in [6, 6.07) is 11.1. The van der Waals surface area contributed by atoms with Crippen molar-refractivity contribution in [3.05, 3.63) is 58.0 Å². The smallest absolute Gasteiger partial charge is 0.128 e. The topological polar surface area (TPSA) is 29.3 Å². The Hall–Kier alpha value is -1.23.